The number of halogens is 3. The molecule has 4 heterocycles. The van der Waals surface area contributed by atoms with Crippen molar-refractivity contribution in [2.75, 3.05) is 36.4 Å². The summed E-state index contributed by atoms with van der Waals surface area (Å²) in [7, 11) is 0. The van der Waals surface area contributed by atoms with Crippen molar-refractivity contribution in [1.82, 2.24) is 24.6 Å². The van der Waals surface area contributed by atoms with Gasteiger partial charge in [-0.15, -0.1) is 10.2 Å². The molecule has 1 saturated heterocycles. The number of imidazole rings is 1. The number of rotatable bonds is 4. The number of carbonyl (C=O) groups excluding carboxylic acids is 2. The Kier molecular flexibility index (Phi) is 5.10. The predicted molar refractivity (Wildman–Crippen MR) is 114 cm³/mol. The molecule has 10 nitrogen and oxygen atoms in total. The predicted octanol–water partition coefficient (Wildman–Crippen LogP) is 1.56. The molecular formula is C21H18F3N7O3. The van der Waals surface area contributed by atoms with Crippen molar-refractivity contribution in [1.29, 1.82) is 0 Å². The van der Waals surface area contributed by atoms with Crippen LogP contribution in [0.3, 0.4) is 0 Å². The van der Waals surface area contributed by atoms with Gasteiger partial charge >= 0.3 is 11.9 Å². The molecule has 5 rings (SSSR count). The molecule has 0 spiro atoms. The molecule has 1 fully saturated rings. The van der Waals surface area contributed by atoms with Crippen LogP contribution in [0.1, 0.15) is 32.1 Å². The van der Waals surface area contributed by atoms with Crippen LogP contribution in [0.25, 0.3) is 0 Å². The summed E-state index contributed by atoms with van der Waals surface area (Å²) in [6.45, 7) is 1.60. The highest BCUT2D eigenvalue weighted by molar-refractivity contribution is 6.02. The molecule has 13 heteroatoms. The molecule has 0 atom stereocenters. The monoisotopic (exact) mass is 473 g/mol. The Morgan fingerprint density at radius 1 is 1.00 bits per heavy atom. The molecule has 0 saturated carbocycles. The Labute approximate surface area is 190 Å². The number of carbonyl (C=O) groups is 2. The van der Waals surface area contributed by atoms with Crippen molar-refractivity contribution >= 4 is 23.5 Å². The minimum Gasteiger partial charge on any atom is -0.352 e. The largest absolute Gasteiger partial charge is 0.417 e. The zero-order valence-corrected chi connectivity index (χ0v) is 17.6. The number of fused-ring (bicyclic) bond motifs is 1. The van der Waals surface area contributed by atoms with E-state index >= 15 is 0 Å². The summed E-state index contributed by atoms with van der Waals surface area (Å²) in [6.07, 6.45) is -4.61. The molecule has 0 bridgehead atoms. The molecule has 0 aliphatic carbocycles. The molecule has 34 heavy (non-hydrogen) atoms. The first kappa shape index (κ1) is 21.7. The van der Waals surface area contributed by atoms with Gasteiger partial charge in [0.2, 0.25) is 0 Å². The standard InChI is InChI=1S/C21H18F3N7O3/c22-21(23,24)13-4-2-1-3-12(13)19(33)30-9-7-29(8-10-30)16-6-5-14(27-28-16)18(32)25-17-15-11-31(15)20(34)26-17/h1-6H,7-11H2,(H,25,32)(H,26,34). The van der Waals surface area contributed by atoms with Crippen molar-refractivity contribution in [2.24, 2.45) is 0 Å². The molecule has 2 aliphatic heterocycles. The van der Waals surface area contributed by atoms with Crippen molar-refractivity contribution in [2.45, 2.75) is 12.7 Å². The molecule has 1 aromatic carbocycles. The Morgan fingerprint density at radius 2 is 1.74 bits per heavy atom. The van der Waals surface area contributed by atoms with E-state index in [1.54, 1.807) is 6.07 Å². The summed E-state index contributed by atoms with van der Waals surface area (Å²) in [5.74, 6) is -0.374. The van der Waals surface area contributed by atoms with Gasteiger partial charge < -0.3 is 15.1 Å². The summed E-state index contributed by atoms with van der Waals surface area (Å²) in [4.78, 5) is 42.3. The number of amides is 2. The van der Waals surface area contributed by atoms with Gasteiger partial charge in [-0.3, -0.25) is 19.1 Å². The third-order valence-corrected chi connectivity index (χ3v) is 5.77. The van der Waals surface area contributed by atoms with Gasteiger partial charge in [0.1, 0.15) is 5.82 Å². The topological polar surface area (TPSA) is 116 Å². The Hall–Kier alpha value is -4.16. The van der Waals surface area contributed by atoms with Crippen LogP contribution in [-0.4, -0.2) is 62.6 Å². The van der Waals surface area contributed by atoms with E-state index in [4.69, 9.17) is 0 Å². The number of aromatic amines is 1. The van der Waals surface area contributed by atoms with Gasteiger partial charge in [0.05, 0.1) is 23.4 Å². The first-order valence-electron chi connectivity index (χ1n) is 10.4. The van der Waals surface area contributed by atoms with Gasteiger partial charge in [0, 0.05) is 26.2 Å². The van der Waals surface area contributed by atoms with E-state index in [2.05, 4.69) is 20.5 Å². The number of H-pyrrole nitrogens is 1. The fourth-order valence-corrected chi connectivity index (χ4v) is 3.89. The Balaban J connectivity index is 1.21. The third-order valence-electron chi connectivity index (χ3n) is 5.77. The number of hydrogen-bond donors (Lipinski definition) is 2. The molecule has 176 valence electrons. The summed E-state index contributed by atoms with van der Waals surface area (Å²) in [5.41, 5.74) is -0.838. The van der Waals surface area contributed by atoms with Crippen molar-refractivity contribution < 1.29 is 22.8 Å². The summed E-state index contributed by atoms with van der Waals surface area (Å²) in [5, 5.41) is 10.6. The van der Waals surface area contributed by atoms with Crippen LogP contribution in [0.4, 0.5) is 24.8 Å². The van der Waals surface area contributed by atoms with E-state index in [0.717, 1.165) is 6.07 Å². The van der Waals surface area contributed by atoms with Crippen LogP contribution in [0.5, 0.6) is 0 Å². The van der Waals surface area contributed by atoms with Crippen molar-refractivity contribution in [3.8, 4) is 0 Å². The number of alkyl halides is 3. The molecular weight excluding hydrogens is 455 g/mol. The van der Waals surface area contributed by atoms with E-state index in [-0.39, 0.29) is 30.0 Å². The summed E-state index contributed by atoms with van der Waals surface area (Å²) in [6, 6.07) is 7.83. The molecule has 2 aromatic heterocycles. The lowest BCUT2D eigenvalue weighted by Gasteiger charge is -2.35. The number of piperazine rings is 1. The van der Waals surface area contributed by atoms with E-state index in [1.807, 2.05) is 4.90 Å². The normalized spacial score (nSPS) is 15.1. The van der Waals surface area contributed by atoms with E-state index < -0.39 is 23.6 Å². The maximum atomic E-state index is 13.3. The minimum atomic E-state index is -4.61. The minimum absolute atomic E-state index is 0.0581. The second-order valence-electron chi connectivity index (χ2n) is 7.89. The Morgan fingerprint density at radius 3 is 2.32 bits per heavy atom. The summed E-state index contributed by atoms with van der Waals surface area (Å²) < 4.78 is 41.2. The van der Waals surface area contributed by atoms with Crippen LogP contribution in [0, 0.1) is 0 Å². The van der Waals surface area contributed by atoms with Gasteiger partial charge in [-0.2, -0.15) is 13.2 Å². The lowest BCUT2D eigenvalue weighted by Crippen LogP contribution is -2.49. The average molecular weight is 473 g/mol. The third kappa shape index (κ3) is 4.00. The quantitative estimate of drug-likeness (QED) is 0.465. The molecule has 2 N–H and O–H groups in total. The molecule has 3 aromatic rings. The SMILES string of the molecule is O=C(Nc1[nH]c(=O)n2c1C2)c1ccc(N2CCN(C(=O)c3ccccc3C(F)(F)F)CC2)nn1. The van der Waals surface area contributed by atoms with E-state index in [0.29, 0.717) is 37.0 Å². The van der Waals surface area contributed by atoms with Crippen LogP contribution >= 0.6 is 0 Å². The van der Waals surface area contributed by atoms with Gasteiger partial charge in [-0.25, -0.2) is 4.79 Å². The zero-order chi connectivity index (χ0) is 24.0. The average Bonchev–Trinajstić information content (AvgIpc) is 3.58. The number of benzene rings is 1. The lowest BCUT2D eigenvalue weighted by molar-refractivity contribution is -0.138. The second-order valence-corrected chi connectivity index (χ2v) is 7.89. The molecule has 2 amide bonds. The fraction of sp³-hybridized carbons (Fsp3) is 0.286. The highest BCUT2D eigenvalue weighted by atomic mass is 19.4. The maximum absolute atomic E-state index is 13.3. The highest BCUT2D eigenvalue weighted by Gasteiger charge is 2.36. The van der Waals surface area contributed by atoms with Crippen LogP contribution in [0.2, 0.25) is 0 Å². The van der Waals surface area contributed by atoms with Gasteiger partial charge in [-0.1, -0.05) is 12.1 Å². The number of hydrogen-bond acceptors (Lipinski definition) is 6. The Bertz CT molecular complexity index is 1320. The van der Waals surface area contributed by atoms with Gasteiger partial charge in [0.15, 0.2) is 11.5 Å². The zero-order valence-electron chi connectivity index (χ0n) is 17.6. The highest BCUT2D eigenvalue weighted by Crippen LogP contribution is 2.32. The second kappa shape index (κ2) is 8.01. The molecule has 0 radical (unpaired) electrons. The molecule has 0 unspecified atom stereocenters. The van der Waals surface area contributed by atoms with Crippen LogP contribution in [0.15, 0.2) is 41.2 Å². The first-order valence-corrected chi connectivity index (χ1v) is 10.4. The first-order chi connectivity index (χ1) is 16.2. The van der Waals surface area contributed by atoms with Crippen LogP contribution < -0.4 is 15.9 Å². The van der Waals surface area contributed by atoms with E-state index in [1.165, 1.54) is 33.7 Å². The number of nitrogens with zero attached hydrogens (tertiary/aromatic N) is 5. The van der Waals surface area contributed by atoms with E-state index in [9.17, 15) is 27.6 Å². The lowest BCUT2D eigenvalue weighted by atomic mass is 10.1. The van der Waals surface area contributed by atoms with Gasteiger partial charge in [-0.05, 0) is 24.3 Å². The summed E-state index contributed by atoms with van der Waals surface area (Å²) >= 11 is 0. The molecule has 2 aliphatic rings. The van der Waals surface area contributed by atoms with Crippen LogP contribution in [-0.2, 0) is 12.7 Å². The fourth-order valence-electron chi connectivity index (χ4n) is 3.89. The number of anilines is 2. The van der Waals surface area contributed by atoms with Crippen molar-refractivity contribution in [3.05, 3.63) is 69.4 Å². The maximum Gasteiger partial charge on any atom is 0.417 e. The number of aromatic nitrogens is 4. The van der Waals surface area contributed by atoms with Crippen molar-refractivity contribution in [3.63, 3.8) is 0 Å². The number of nitrogens with one attached hydrogen (secondary N) is 2. The smallest absolute Gasteiger partial charge is 0.352 e. The van der Waals surface area contributed by atoms with Gasteiger partial charge in [0.25, 0.3) is 11.8 Å².